The first-order chi connectivity index (χ1) is 7.02. The van der Waals surface area contributed by atoms with E-state index in [0.717, 1.165) is 13.1 Å². The van der Waals surface area contributed by atoms with Crippen LogP contribution in [0.1, 0.15) is 0 Å². The molecule has 0 amide bonds. The van der Waals surface area contributed by atoms with Gasteiger partial charge in [-0.3, -0.25) is 0 Å². The van der Waals surface area contributed by atoms with E-state index in [1.165, 1.54) is 6.26 Å². The van der Waals surface area contributed by atoms with E-state index in [2.05, 4.69) is 10.0 Å². The summed E-state index contributed by atoms with van der Waals surface area (Å²) in [6.07, 6.45) is -3.91. The first-order valence-corrected chi connectivity index (χ1v) is 5.89. The van der Waals surface area contributed by atoms with Crippen molar-refractivity contribution in [2.45, 2.75) is 12.2 Å². The zero-order chi connectivity index (χ0) is 13.0. The third-order valence-corrected chi connectivity index (χ3v) is 2.17. The average Bonchev–Trinajstić information content (AvgIpc) is 1.95. The lowest BCUT2D eigenvalue weighted by Crippen LogP contribution is -2.56. The molecule has 0 aromatic rings. The average molecular weight is 264 g/mol. The van der Waals surface area contributed by atoms with E-state index in [-0.39, 0.29) is 6.04 Å². The number of hydrogen-bond acceptors (Lipinski definition) is 4. The number of carboxylic acid groups (broad SMARTS) is 1. The molecule has 0 atom stereocenters. The summed E-state index contributed by atoms with van der Waals surface area (Å²) in [7, 11) is -2.97. The van der Waals surface area contributed by atoms with Crippen molar-refractivity contribution < 1.29 is 31.5 Å². The molecule has 3 N–H and O–H groups in total. The number of alkyl halides is 3. The van der Waals surface area contributed by atoms with E-state index in [9.17, 15) is 21.6 Å². The van der Waals surface area contributed by atoms with E-state index >= 15 is 0 Å². The summed E-state index contributed by atoms with van der Waals surface area (Å²) in [5.41, 5.74) is 0. The third kappa shape index (κ3) is 7.43. The third-order valence-electron chi connectivity index (χ3n) is 1.40. The summed E-state index contributed by atoms with van der Waals surface area (Å²) in [4.78, 5) is 8.90. The molecule has 1 heterocycles. The maximum absolute atomic E-state index is 10.6. The molecule has 0 aliphatic carbocycles. The van der Waals surface area contributed by atoms with E-state index < -0.39 is 22.2 Å². The molecular weight excluding hydrogens is 253 g/mol. The second-order valence-electron chi connectivity index (χ2n) is 3.05. The molecule has 16 heavy (non-hydrogen) atoms. The molecule has 96 valence electrons. The van der Waals surface area contributed by atoms with Gasteiger partial charge < -0.3 is 10.4 Å². The number of hydrogen-bond donors (Lipinski definition) is 3. The van der Waals surface area contributed by atoms with Crippen LogP contribution in [0.2, 0.25) is 0 Å². The van der Waals surface area contributed by atoms with Crippen molar-refractivity contribution in [3.8, 4) is 0 Å². The summed E-state index contributed by atoms with van der Waals surface area (Å²) in [6, 6.07) is 0.125. The van der Waals surface area contributed by atoms with Crippen LogP contribution in [0.3, 0.4) is 0 Å². The Bertz CT molecular complexity index is 336. The predicted octanol–water partition coefficient (Wildman–Crippen LogP) is -0.859. The summed E-state index contributed by atoms with van der Waals surface area (Å²) in [5, 5.41) is 10.1. The predicted molar refractivity (Wildman–Crippen MR) is 48.3 cm³/mol. The van der Waals surface area contributed by atoms with Crippen LogP contribution in [-0.4, -0.2) is 51.1 Å². The first kappa shape index (κ1) is 15.1. The summed E-state index contributed by atoms with van der Waals surface area (Å²) >= 11 is 0. The van der Waals surface area contributed by atoms with Gasteiger partial charge in [0.2, 0.25) is 10.0 Å². The molecule has 1 rings (SSSR count). The smallest absolute Gasteiger partial charge is 0.475 e. The summed E-state index contributed by atoms with van der Waals surface area (Å²) < 4.78 is 55.2. The molecule has 0 aromatic carbocycles. The van der Waals surface area contributed by atoms with Crippen molar-refractivity contribution in [2.75, 3.05) is 19.3 Å². The van der Waals surface area contributed by atoms with Crippen LogP contribution >= 0.6 is 0 Å². The quantitative estimate of drug-likeness (QED) is 0.603. The number of nitrogens with one attached hydrogen (secondary N) is 2. The van der Waals surface area contributed by atoms with Gasteiger partial charge in [-0.2, -0.15) is 13.2 Å². The molecule has 1 aliphatic rings. The van der Waals surface area contributed by atoms with Crippen LogP contribution in [0.25, 0.3) is 0 Å². The van der Waals surface area contributed by atoms with E-state index in [1.54, 1.807) is 0 Å². The van der Waals surface area contributed by atoms with Crippen LogP contribution in [0, 0.1) is 0 Å². The Balaban J connectivity index is 0.000000293. The molecule has 1 fully saturated rings. The summed E-state index contributed by atoms with van der Waals surface area (Å²) in [6.45, 7) is 1.51. The largest absolute Gasteiger partial charge is 0.490 e. The van der Waals surface area contributed by atoms with Gasteiger partial charge in [-0.05, 0) is 0 Å². The van der Waals surface area contributed by atoms with Crippen molar-refractivity contribution in [2.24, 2.45) is 0 Å². The van der Waals surface area contributed by atoms with Gasteiger partial charge in [0.1, 0.15) is 0 Å². The van der Waals surface area contributed by atoms with Crippen molar-refractivity contribution in [3.63, 3.8) is 0 Å². The fourth-order valence-corrected chi connectivity index (χ4v) is 1.45. The first-order valence-electron chi connectivity index (χ1n) is 4.00. The fourth-order valence-electron chi connectivity index (χ4n) is 0.675. The van der Waals surface area contributed by atoms with Gasteiger partial charge in [0.15, 0.2) is 0 Å². The lowest BCUT2D eigenvalue weighted by Gasteiger charge is -2.26. The van der Waals surface area contributed by atoms with Gasteiger partial charge in [0.05, 0.1) is 6.26 Å². The molecule has 6 nitrogen and oxygen atoms in total. The molecule has 0 aromatic heterocycles. The topological polar surface area (TPSA) is 95.5 Å². The maximum atomic E-state index is 10.6. The standard InChI is InChI=1S/C4H10N2O2S.C2HF3O2/c1-9(7,8)6-4-2-5-3-4;3-2(4,5)1(6)7/h4-6H,2-3H2,1H3;(H,6,7). The molecule has 0 unspecified atom stereocenters. The molecule has 0 bridgehead atoms. The Morgan fingerprint density at radius 3 is 1.88 bits per heavy atom. The second kappa shape index (κ2) is 5.46. The van der Waals surface area contributed by atoms with Crippen molar-refractivity contribution in [3.05, 3.63) is 0 Å². The minimum atomic E-state index is -5.08. The van der Waals surface area contributed by atoms with Gasteiger partial charge in [-0.1, -0.05) is 0 Å². The number of sulfonamides is 1. The highest BCUT2D eigenvalue weighted by Crippen LogP contribution is 2.13. The normalized spacial score (nSPS) is 17.0. The van der Waals surface area contributed by atoms with E-state index in [0.29, 0.717) is 0 Å². The Morgan fingerprint density at radius 1 is 1.44 bits per heavy atom. The number of carboxylic acids is 1. The highest BCUT2D eigenvalue weighted by molar-refractivity contribution is 7.88. The van der Waals surface area contributed by atoms with Crippen LogP contribution in [0.4, 0.5) is 13.2 Å². The Labute approximate surface area is 89.9 Å². The van der Waals surface area contributed by atoms with Crippen molar-refractivity contribution >= 4 is 16.0 Å². The molecule has 1 saturated heterocycles. The number of aliphatic carboxylic acids is 1. The number of rotatable bonds is 2. The molecular formula is C6H11F3N2O4S. The van der Waals surface area contributed by atoms with E-state index in [4.69, 9.17) is 9.90 Å². The van der Waals surface area contributed by atoms with Gasteiger partial charge >= 0.3 is 12.1 Å². The highest BCUT2D eigenvalue weighted by Gasteiger charge is 2.38. The van der Waals surface area contributed by atoms with Crippen LogP contribution in [0.15, 0.2) is 0 Å². The molecule has 10 heteroatoms. The minimum Gasteiger partial charge on any atom is -0.475 e. The molecule has 1 aliphatic heterocycles. The van der Waals surface area contributed by atoms with Gasteiger partial charge in [-0.25, -0.2) is 17.9 Å². The molecule has 0 saturated carbocycles. The van der Waals surface area contributed by atoms with Crippen molar-refractivity contribution in [1.29, 1.82) is 0 Å². The monoisotopic (exact) mass is 264 g/mol. The van der Waals surface area contributed by atoms with Crippen LogP contribution in [-0.2, 0) is 14.8 Å². The molecule has 0 radical (unpaired) electrons. The summed E-state index contributed by atoms with van der Waals surface area (Å²) in [5.74, 6) is -2.76. The van der Waals surface area contributed by atoms with E-state index in [1.807, 2.05) is 0 Å². The van der Waals surface area contributed by atoms with Crippen LogP contribution < -0.4 is 10.0 Å². The fraction of sp³-hybridized carbons (Fsp3) is 0.833. The number of carbonyl (C=O) groups is 1. The second-order valence-corrected chi connectivity index (χ2v) is 4.83. The highest BCUT2D eigenvalue weighted by atomic mass is 32.2. The Kier molecular flexibility index (Phi) is 5.16. The minimum absolute atomic E-state index is 0.125. The van der Waals surface area contributed by atoms with Crippen LogP contribution in [0.5, 0.6) is 0 Å². The van der Waals surface area contributed by atoms with Gasteiger partial charge in [0, 0.05) is 19.1 Å². The Hall–Kier alpha value is -0.870. The van der Waals surface area contributed by atoms with Gasteiger partial charge in [0.25, 0.3) is 0 Å². The Morgan fingerprint density at radius 2 is 1.81 bits per heavy atom. The van der Waals surface area contributed by atoms with Crippen molar-refractivity contribution in [1.82, 2.24) is 10.0 Å². The zero-order valence-corrected chi connectivity index (χ0v) is 9.02. The number of halogens is 3. The SMILES string of the molecule is CS(=O)(=O)NC1CNC1.O=C(O)C(F)(F)F. The lowest BCUT2D eigenvalue weighted by atomic mass is 10.2. The zero-order valence-electron chi connectivity index (χ0n) is 8.21. The maximum Gasteiger partial charge on any atom is 0.490 e. The lowest BCUT2D eigenvalue weighted by molar-refractivity contribution is -0.192. The molecule has 0 spiro atoms. The van der Waals surface area contributed by atoms with Gasteiger partial charge in [-0.15, -0.1) is 0 Å².